The second-order valence-electron chi connectivity index (χ2n) is 3.55. The summed E-state index contributed by atoms with van der Waals surface area (Å²) in [4.78, 5) is 22.7. The summed E-state index contributed by atoms with van der Waals surface area (Å²) in [6, 6.07) is 1.81. The summed E-state index contributed by atoms with van der Waals surface area (Å²) in [6.45, 7) is 0.414. The Balaban J connectivity index is 2.30. The van der Waals surface area contributed by atoms with Crippen molar-refractivity contribution in [3.05, 3.63) is 29.7 Å². The molecule has 3 rings (SSSR count). The highest BCUT2D eigenvalue weighted by molar-refractivity contribution is 6.00. The van der Waals surface area contributed by atoms with Gasteiger partial charge in [-0.2, -0.15) is 0 Å². The molecule has 6 heteroatoms. The molecule has 0 radical (unpaired) electrons. The molecule has 80 valence electrons. The van der Waals surface area contributed by atoms with Crippen molar-refractivity contribution in [2.75, 3.05) is 5.73 Å². The third kappa shape index (κ3) is 1.16. The number of aromatic amines is 1. The number of nitrogens with zero attached hydrogens (tertiary/aromatic N) is 2. The first-order chi connectivity index (χ1) is 7.75. The van der Waals surface area contributed by atoms with Crippen molar-refractivity contribution < 1.29 is 4.79 Å². The molecule has 4 N–H and O–H groups in total. The Labute approximate surface area is 90.9 Å². The maximum atomic E-state index is 11.7. The maximum absolute atomic E-state index is 11.7. The molecule has 0 spiro atoms. The van der Waals surface area contributed by atoms with Gasteiger partial charge in [0, 0.05) is 30.1 Å². The lowest BCUT2D eigenvalue weighted by molar-refractivity contribution is 0.0948. The average molecular weight is 215 g/mol. The number of aromatic nitrogens is 3. The minimum atomic E-state index is -0.142. The molecule has 16 heavy (non-hydrogen) atoms. The fourth-order valence-electron chi connectivity index (χ4n) is 1.80. The average Bonchev–Trinajstić information content (AvgIpc) is 2.71. The smallest absolute Gasteiger partial charge is 0.268 e. The zero-order valence-corrected chi connectivity index (χ0v) is 8.32. The lowest BCUT2D eigenvalue weighted by Gasteiger charge is -2.03. The van der Waals surface area contributed by atoms with Crippen LogP contribution in [0.3, 0.4) is 0 Å². The number of nitrogens with one attached hydrogen (secondary N) is 2. The largest absolute Gasteiger partial charge is 0.368 e. The van der Waals surface area contributed by atoms with Gasteiger partial charge in [-0.15, -0.1) is 0 Å². The summed E-state index contributed by atoms with van der Waals surface area (Å²) in [5, 5.41) is 2.77. The van der Waals surface area contributed by atoms with Crippen LogP contribution in [0.5, 0.6) is 0 Å². The molecule has 3 heterocycles. The standard InChI is InChI=1S/C10H9N5O/c11-10-14-4-5-3-13-9(16)8-6(1-2-12-8)7(5)15-10/h1-2,4,12H,3H2,(H,13,16)(H2,11,14,15). The van der Waals surface area contributed by atoms with Crippen molar-refractivity contribution in [1.82, 2.24) is 20.3 Å². The molecule has 0 aliphatic carbocycles. The van der Waals surface area contributed by atoms with Gasteiger partial charge in [0.25, 0.3) is 5.91 Å². The predicted octanol–water partition coefficient (Wildman–Crippen LogP) is 0.297. The first-order valence-electron chi connectivity index (χ1n) is 4.83. The summed E-state index contributed by atoms with van der Waals surface area (Å²) < 4.78 is 0. The van der Waals surface area contributed by atoms with Crippen molar-refractivity contribution in [3.63, 3.8) is 0 Å². The Bertz CT molecular complexity index is 574. The van der Waals surface area contributed by atoms with Crippen molar-refractivity contribution >= 4 is 11.9 Å². The Morgan fingerprint density at radius 2 is 2.31 bits per heavy atom. The van der Waals surface area contributed by atoms with Gasteiger partial charge < -0.3 is 16.0 Å². The van der Waals surface area contributed by atoms with Gasteiger partial charge in [0.15, 0.2) is 0 Å². The van der Waals surface area contributed by atoms with Crippen molar-refractivity contribution in [3.8, 4) is 11.3 Å². The van der Waals surface area contributed by atoms with Crippen LogP contribution in [-0.4, -0.2) is 20.9 Å². The number of fused-ring (bicyclic) bond motifs is 3. The lowest BCUT2D eigenvalue weighted by atomic mass is 10.1. The van der Waals surface area contributed by atoms with E-state index in [4.69, 9.17) is 5.73 Å². The van der Waals surface area contributed by atoms with Crippen LogP contribution in [0.1, 0.15) is 16.1 Å². The summed E-state index contributed by atoms with van der Waals surface area (Å²) >= 11 is 0. The number of carbonyl (C=O) groups is 1. The van der Waals surface area contributed by atoms with Crippen LogP contribution in [0.2, 0.25) is 0 Å². The normalized spacial score (nSPS) is 13.6. The Hall–Kier alpha value is -2.37. The molecule has 0 saturated heterocycles. The van der Waals surface area contributed by atoms with Gasteiger partial charge in [-0.25, -0.2) is 9.97 Å². The second kappa shape index (κ2) is 3.06. The lowest BCUT2D eigenvalue weighted by Crippen LogP contribution is -2.21. The van der Waals surface area contributed by atoms with Crippen molar-refractivity contribution in [1.29, 1.82) is 0 Å². The third-order valence-corrected chi connectivity index (χ3v) is 2.55. The number of hydrogen-bond donors (Lipinski definition) is 3. The Morgan fingerprint density at radius 1 is 1.44 bits per heavy atom. The molecule has 0 atom stereocenters. The monoisotopic (exact) mass is 215 g/mol. The number of anilines is 1. The molecule has 1 aliphatic rings. The second-order valence-corrected chi connectivity index (χ2v) is 3.55. The van der Waals surface area contributed by atoms with Crippen LogP contribution in [0, 0.1) is 0 Å². The van der Waals surface area contributed by atoms with Gasteiger partial charge in [-0.3, -0.25) is 4.79 Å². The number of rotatable bonds is 0. The number of carbonyl (C=O) groups excluding carboxylic acids is 1. The number of H-pyrrole nitrogens is 1. The number of amides is 1. The van der Waals surface area contributed by atoms with Gasteiger partial charge in [-0.1, -0.05) is 0 Å². The summed E-state index contributed by atoms with van der Waals surface area (Å²) in [5.74, 6) is 0.0665. The predicted molar refractivity (Wildman–Crippen MR) is 57.4 cm³/mol. The molecule has 1 amide bonds. The number of hydrogen-bond acceptors (Lipinski definition) is 4. The van der Waals surface area contributed by atoms with Gasteiger partial charge in [0.05, 0.1) is 5.69 Å². The van der Waals surface area contributed by atoms with Crippen molar-refractivity contribution in [2.24, 2.45) is 0 Å². The van der Waals surface area contributed by atoms with E-state index in [1.54, 1.807) is 12.4 Å². The minimum absolute atomic E-state index is 0.142. The van der Waals surface area contributed by atoms with Crippen LogP contribution in [0.4, 0.5) is 5.95 Å². The van der Waals surface area contributed by atoms with Crippen LogP contribution in [0.25, 0.3) is 11.3 Å². The number of nitrogen functional groups attached to an aromatic ring is 1. The Kier molecular flexibility index (Phi) is 1.70. The highest BCUT2D eigenvalue weighted by atomic mass is 16.1. The molecule has 0 unspecified atom stereocenters. The Morgan fingerprint density at radius 3 is 3.19 bits per heavy atom. The fraction of sp³-hybridized carbons (Fsp3) is 0.100. The summed E-state index contributed by atoms with van der Waals surface area (Å²) in [6.07, 6.45) is 3.34. The topological polar surface area (TPSA) is 96.7 Å². The van der Waals surface area contributed by atoms with E-state index in [1.165, 1.54) is 0 Å². The first kappa shape index (κ1) is 8.90. The van der Waals surface area contributed by atoms with Gasteiger partial charge >= 0.3 is 0 Å². The van der Waals surface area contributed by atoms with E-state index in [1.807, 2.05) is 6.07 Å². The van der Waals surface area contributed by atoms with Gasteiger partial charge in [-0.05, 0) is 6.07 Å². The van der Waals surface area contributed by atoms with Crippen LogP contribution in [-0.2, 0) is 6.54 Å². The van der Waals surface area contributed by atoms with E-state index >= 15 is 0 Å². The first-order valence-corrected chi connectivity index (χ1v) is 4.83. The number of nitrogens with two attached hydrogens (primary N) is 1. The van der Waals surface area contributed by atoms with E-state index in [9.17, 15) is 4.79 Å². The molecular weight excluding hydrogens is 206 g/mol. The quantitative estimate of drug-likeness (QED) is 0.588. The molecule has 0 aromatic carbocycles. The zero-order chi connectivity index (χ0) is 11.1. The summed E-state index contributed by atoms with van der Waals surface area (Å²) in [5.41, 5.74) is 8.40. The molecule has 1 aliphatic heterocycles. The van der Waals surface area contributed by atoms with Gasteiger partial charge in [0.2, 0.25) is 5.95 Å². The highest BCUT2D eigenvalue weighted by Crippen LogP contribution is 2.27. The van der Waals surface area contributed by atoms with Crippen LogP contribution < -0.4 is 11.1 Å². The molecular formula is C10H9N5O. The van der Waals surface area contributed by atoms with E-state index in [2.05, 4.69) is 20.3 Å². The fourth-order valence-corrected chi connectivity index (χ4v) is 1.80. The van der Waals surface area contributed by atoms with E-state index in [-0.39, 0.29) is 11.9 Å². The van der Waals surface area contributed by atoms with Crippen LogP contribution in [0.15, 0.2) is 18.5 Å². The molecule has 0 bridgehead atoms. The molecule has 2 aromatic rings. The third-order valence-electron chi connectivity index (χ3n) is 2.55. The SMILES string of the molecule is Nc1ncc2c(n1)-c1cc[nH]c1C(=O)NC2. The molecule has 0 saturated carbocycles. The summed E-state index contributed by atoms with van der Waals surface area (Å²) in [7, 11) is 0. The van der Waals surface area contributed by atoms with E-state index in [0.29, 0.717) is 17.9 Å². The van der Waals surface area contributed by atoms with E-state index in [0.717, 1.165) is 11.1 Å². The maximum Gasteiger partial charge on any atom is 0.268 e. The highest BCUT2D eigenvalue weighted by Gasteiger charge is 2.22. The van der Waals surface area contributed by atoms with Crippen molar-refractivity contribution in [2.45, 2.75) is 6.54 Å². The van der Waals surface area contributed by atoms with E-state index < -0.39 is 0 Å². The molecule has 2 aromatic heterocycles. The van der Waals surface area contributed by atoms with Crippen LogP contribution >= 0.6 is 0 Å². The zero-order valence-electron chi connectivity index (χ0n) is 8.32. The molecule has 6 nitrogen and oxygen atoms in total. The van der Waals surface area contributed by atoms with Gasteiger partial charge in [0.1, 0.15) is 5.69 Å². The molecule has 0 fully saturated rings. The minimum Gasteiger partial charge on any atom is -0.368 e.